The molecule has 26 heavy (non-hydrogen) atoms. The molecule has 5 heteroatoms. The highest BCUT2D eigenvalue weighted by atomic mass is 16.8. The van der Waals surface area contributed by atoms with Gasteiger partial charge in [0.2, 0.25) is 0 Å². The molecule has 2 fully saturated rings. The van der Waals surface area contributed by atoms with E-state index >= 15 is 0 Å². The second-order valence-electron chi connectivity index (χ2n) is 10.9. The van der Waals surface area contributed by atoms with Gasteiger partial charge in [-0.1, -0.05) is 0 Å². The van der Waals surface area contributed by atoms with Gasteiger partial charge in [0.1, 0.15) is 0 Å². The highest BCUT2D eigenvalue weighted by Crippen LogP contribution is 2.34. The molecule has 2 rings (SSSR count). The summed E-state index contributed by atoms with van der Waals surface area (Å²) in [6, 6.07) is 0. The van der Waals surface area contributed by atoms with Crippen LogP contribution in [0.4, 0.5) is 0 Å². The first-order valence-corrected chi connectivity index (χ1v) is 10.2. The van der Waals surface area contributed by atoms with Crippen LogP contribution in [0.2, 0.25) is 0 Å². The minimum atomic E-state index is -0.593. The number of hydrogen-bond acceptors (Lipinski definition) is 5. The molecule has 0 spiro atoms. The fourth-order valence-electron chi connectivity index (χ4n) is 5.21. The molecule has 2 saturated heterocycles. The Labute approximate surface area is 160 Å². The largest absolute Gasteiger partial charge is 0.330 e. The number of hydrogen-bond donors (Lipinski definition) is 2. The van der Waals surface area contributed by atoms with E-state index in [4.69, 9.17) is 14.2 Å². The van der Waals surface area contributed by atoms with Crippen LogP contribution in [-0.2, 0) is 14.2 Å². The highest BCUT2D eigenvalue weighted by molar-refractivity contribution is 4.99. The second-order valence-corrected chi connectivity index (χ2v) is 10.9. The van der Waals surface area contributed by atoms with Crippen LogP contribution >= 0.6 is 0 Å². The summed E-state index contributed by atoms with van der Waals surface area (Å²) in [4.78, 5) is 0. The van der Waals surface area contributed by atoms with Crippen molar-refractivity contribution in [2.24, 2.45) is 0 Å². The molecular formula is C21H42N2O3. The molecule has 5 nitrogen and oxygen atoms in total. The van der Waals surface area contributed by atoms with Gasteiger partial charge in [0.05, 0.1) is 12.2 Å². The molecule has 154 valence electrons. The van der Waals surface area contributed by atoms with Crippen molar-refractivity contribution in [3.63, 3.8) is 0 Å². The third-order valence-corrected chi connectivity index (χ3v) is 5.22. The monoisotopic (exact) mass is 370 g/mol. The number of nitrogens with one attached hydrogen (secondary N) is 2. The van der Waals surface area contributed by atoms with Crippen LogP contribution in [0.5, 0.6) is 0 Å². The Morgan fingerprint density at radius 1 is 0.692 bits per heavy atom. The van der Waals surface area contributed by atoms with Crippen LogP contribution in [0.15, 0.2) is 0 Å². The van der Waals surface area contributed by atoms with Crippen molar-refractivity contribution >= 4 is 0 Å². The Hall–Kier alpha value is -0.200. The lowest BCUT2D eigenvalue weighted by Crippen LogP contribution is -2.61. The summed E-state index contributed by atoms with van der Waals surface area (Å²) < 4.78 is 18.5. The van der Waals surface area contributed by atoms with Crippen LogP contribution in [0.25, 0.3) is 0 Å². The van der Waals surface area contributed by atoms with Crippen LogP contribution in [0, 0.1) is 0 Å². The molecule has 2 aliphatic rings. The SMILES string of the molecule is CCOC(OC1CC(C)(C)NC(C)(C)C1)OC1CC(C)(C)NC(C)(C)C1. The first-order chi connectivity index (χ1) is 11.7. The Morgan fingerprint density at radius 2 is 1.00 bits per heavy atom. The molecule has 0 unspecified atom stereocenters. The average Bonchev–Trinajstić information content (AvgIpc) is 2.30. The first-order valence-electron chi connectivity index (χ1n) is 10.2. The predicted octanol–water partition coefficient (Wildman–Crippen LogP) is 3.96. The Bertz CT molecular complexity index is 402. The van der Waals surface area contributed by atoms with Crippen molar-refractivity contribution < 1.29 is 14.2 Å². The molecule has 0 saturated carbocycles. The summed E-state index contributed by atoms with van der Waals surface area (Å²) in [7, 11) is 0. The summed E-state index contributed by atoms with van der Waals surface area (Å²) in [6.07, 6.45) is 4.05. The molecular weight excluding hydrogens is 328 g/mol. The van der Waals surface area contributed by atoms with E-state index in [0.29, 0.717) is 6.61 Å². The van der Waals surface area contributed by atoms with Gasteiger partial charge in [0.25, 0.3) is 6.48 Å². The van der Waals surface area contributed by atoms with E-state index in [1.807, 2.05) is 6.92 Å². The average molecular weight is 371 g/mol. The van der Waals surface area contributed by atoms with E-state index < -0.39 is 6.48 Å². The minimum absolute atomic E-state index is 0.0436. The summed E-state index contributed by atoms with van der Waals surface area (Å²) in [5, 5.41) is 7.40. The molecule has 0 aromatic carbocycles. The van der Waals surface area contributed by atoms with Gasteiger partial charge in [-0.2, -0.15) is 0 Å². The maximum absolute atomic E-state index is 6.34. The van der Waals surface area contributed by atoms with Gasteiger partial charge < -0.3 is 24.8 Å². The standard InChI is InChI=1S/C21H42N2O3/c1-10-24-17(25-15-11-18(2,3)22-19(4,5)12-15)26-16-13-20(6,7)23-21(8,9)14-16/h15-17,22-23H,10-14H2,1-9H3. The highest BCUT2D eigenvalue weighted by Gasteiger charge is 2.42. The van der Waals surface area contributed by atoms with E-state index in [9.17, 15) is 0 Å². The molecule has 0 aromatic heterocycles. The maximum Gasteiger partial charge on any atom is 0.272 e. The van der Waals surface area contributed by atoms with Crippen LogP contribution in [0.3, 0.4) is 0 Å². The number of rotatable bonds is 6. The fraction of sp³-hybridized carbons (Fsp3) is 1.00. The van der Waals surface area contributed by atoms with Crippen molar-refractivity contribution in [1.29, 1.82) is 0 Å². The van der Waals surface area contributed by atoms with E-state index in [1.165, 1.54) is 0 Å². The smallest absolute Gasteiger partial charge is 0.272 e. The third kappa shape index (κ3) is 6.75. The zero-order chi connectivity index (χ0) is 19.8. The Kier molecular flexibility index (Phi) is 6.52. The van der Waals surface area contributed by atoms with Gasteiger partial charge in [-0.25, -0.2) is 0 Å². The molecule has 0 aliphatic carbocycles. The lowest BCUT2D eigenvalue weighted by molar-refractivity contribution is -0.328. The molecule has 0 aromatic rings. The van der Waals surface area contributed by atoms with Crippen molar-refractivity contribution in [3.8, 4) is 0 Å². The second kappa shape index (κ2) is 7.67. The summed E-state index contributed by atoms with van der Waals surface area (Å²) in [5.41, 5.74) is 0.174. The molecule has 2 heterocycles. The quantitative estimate of drug-likeness (QED) is 0.693. The summed E-state index contributed by atoms with van der Waals surface area (Å²) in [6.45, 7) is 19.9. The fourth-order valence-corrected chi connectivity index (χ4v) is 5.21. The molecule has 2 N–H and O–H groups in total. The third-order valence-electron chi connectivity index (χ3n) is 5.22. The maximum atomic E-state index is 6.34. The normalized spacial score (nSPS) is 28.4. The number of ether oxygens (including phenoxy) is 3. The Balaban J connectivity index is 2.02. The summed E-state index contributed by atoms with van der Waals surface area (Å²) >= 11 is 0. The summed E-state index contributed by atoms with van der Waals surface area (Å²) in [5.74, 6) is 0. The molecule has 0 amide bonds. The van der Waals surface area contributed by atoms with Gasteiger partial charge in [-0.15, -0.1) is 0 Å². The molecule has 0 radical (unpaired) electrons. The lowest BCUT2D eigenvalue weighted by Gasteiger charge is -2.48. The Morgan fingerprint density at radius 3 is 1.27 bits per heavy atom. The number of piperidine rings is 2. The van der Waals surface area contributed by atoms with Gasteiger partial charge in [0.15, 0.2) is 0 Å². The first kappa shape index (κ1) is 22.1. The van der Waals surface area contributed by atoms with E-state index in [2.05, 4.69) is 66.0 Å². The van der Waals surface area contributed by atoms with Crippen LogP contribution < -0.4 is 10.6 Å². The molecule has 2 aliphatic heterocycles. The molecule has 0 bridgehead atoms. The van der Waals surface area contributed by atoms with Crippen molar-refractivity contribution in [2.45, 2.75) is 129 Å². The van der Waals surface area contributed by atoms with Crippen molar-refractivity contribution in [3.05, 3.63) is 0 Å². The molecule has 0 atom stereocenters. The topological polar surface area (TPSA) is 51.8 Å². The van der Waals surface area contributed by atoms with Crippen LogP contribution in [0.1, 0.15) is 88.0 Å². The zero-order valence-electron chi connectivity index (χ0n) is 18.5. The van der Waals surface area contributed by atoms with Gasteiger partial charge in [0, 0.05) is 28.8 Å². The van der Waals surface area contributed by atoms with Gasteiger partial charge >= 0.3 is 0 Å². The van der Waals surface area contributed by atoms with Crippen LogP contribution in [-0.4, -0.2) is 47.4 Å². The van der Waals surface area contributed by atoms with Crippen molar-refractivity contribution in [2.75, 3.05) is 6.61 Å². The van der Waals surface area contributed by atoms with Gasteiger partial charge in [-0.05, 0) is 88.0 Å². The van der Waals surface area contributed by atoms with Gasteiger partial charge in [-0.3, -0.25) is 0 Å². The predicted molar refractivity (Wildman–Crippen MR) is 106 cm³/mol. The van der Waals surface area contributed by atoms with E-state index in [0.717, 1.165) is 25.7 Å². The zero-order valence-corrected chi connectivity index (χ0v) is 18.5. The van der Waals surface area contributed by atoms with E-state index in [1.54, 1.807) is 0 Å². The van der Waals surface area contributed by atoms with E-state index in [-0.39, 0.29) is 34.4 Å². The van der Waals surface area contributed by atoms with Crippen molar-refractivity contribution in [1.82, 2.24) is 10.6 Å². The lowest BCUT2D eigenvalue weighted by atomic mass is 9.81. The minimum Gasteiger partial charge on any atom is -0.330 e.